The molecule has 0 aliphatic heterocycles. The van der Waals surface area contributed by atoms with Crippen molar-refractivity contribution >= 4 is 27.4 Å². The van der Waals surface area contributed by atoms with E-state index in [0.717, 1.165) is 0 Å². The largest absolute Gasteiger partial charge is 0.490 e. The second-order valence-electron chi connectivity index (χ2n) is 2.70. The van der Waals surface area contributed by atoms with Crippen LogP contribution < -0.4 is 4.74 Å². The van der Waals surface area contributed by atoms with Gasteiger partial charge in [0.25, 0.3) is 0 Å². The number of ether oxygens (including phenoxy) is 1. The molecule has 0 amide bonds. The van der Waals surface area contributed by atoms with Crippen molar-refractivity contribution in [2.75, 3.05) is 12.4 Å². The molecule has 0 bridgehead atoms. The summed E-state index contributed by atoms with van der Waals surface area (Å²) in [5, 5.41) is 10.8. The molecule has 1 rings (SSSR count). The molecule has 0 aliphatic carbocycles. The highest BCUT2D eigenvalue weighted by molar-refractivity contribution is 9.09. The summed E-state index contributed by atoms with van der Waals surface area (Å²) in [6.45, 7) is 0. The van der Waals surface area contributed by atoms with Crippen LogP contribution in [0.1, 0.15) is 10.4 Å². The Morgan fingerprint density at radius 3 is 2.73 bits per heavy atom. The van der Waals surface area contributed by atoms with Gasteiger partial charge in [-0.05, 0) is 12.1 Å². The first-order chi connectivity index (χ1) is 7.10. The second-order valence-corrected chi connectivity index (χ2v) is 3.26. The van der Waals surface area contributed by atoms with Crippen molar-refractivity contribution in [1.82, 2.24) is 0 Å². The number of benzene rings is 1. The first-order valence-electron chi connectivity index (χ1n) is 4.01. The van der Waals surface area contributed by atoms with Crippen molar-refractivity contribution in [2.45, 2.75) is 0 Å². The number of rotatable bonds is 4. The standard InChI is InChI=1S/C9H8BrNO4/c1-15-9-3-2-6(8(12)5-10)4-7(9)11(13)14/h2-4H,5H2,1H3. The van der Waals surface area contributed by atoms with Crippen molar-refractivity contribution in [2.24, 2.45) is 0 Å². The van der Waals surface area contributed by atoms with E-state index in [0.29, 0.717) is 5.56 Å². The maximum Gasteiger partial charge on any atom is 0.311 e. The average molecular weight is 274 g/mol. The Balaban J connectivity index is 3.22. The highest BCUT2D eigenvalue weighted by atomic mass is 79.9. The summed E-state index contributed by atoms with van der Waals surface area (Å²) in [5.74, 6) is -0.0631. The second kappa shape index (κ2) is 4.88. The lowest BCUT2D eigenvalue weighted by Gasteiger charge is -2.02. The number of ketones is 1. The Morgan fingerprint density at radius 2 is 2.27 bits per heavy atom. The van der Waals surface area contributed by atoms with Crippen LogP contribution in [0.2, 0.25) is 0 Å². The predicted octanol–water partition coefficient (Wildman–Crippen LogP) is 2.18. The van der Waals surface area contributed by atoms with E-state index < -0.39 is 4.92 Å². The van der Waals surface area contributed by atoms with Gasteiger partial charge in [-0.1, -0.05) is 15.9 Å². The summed E-state index contributed by atoms with van der Waals surface area (Å²) >= 11 is 3.00. The predicted molar refractivity (Wildman–Crippen MR) is 57.8 cm³/mol. The van der Waals surface area contributed by atoms with Crippen LogP contribution in [0.3, 0.4) is 0 Å². The van der Waals surface area contributed by atoms with Crippen molar-refractivity contribution < 1.29 is 14.5 Å². The number of hydrogen-bond donors (Lipinski definition) is 0. The van der Waals surface area contributed by atoms with Gasteiger partial charge in [0, 0.05) is 11.6 Å². The van der Waals surface area contributed by atoms with Crippen LogP contribution in [0.25, 0.3) is 0 Å². The number of halogens is 1. The molecule has 0 heterocycles. The Morgan fingerprint density at radius 1 is 1.60 bits per heavy atom. The van der Waals surface area contributed by atoms with Crippen molar-refractivity contribution in [1.29, 1.82) is 0 Å². The lowest BCUT2D eigenvalue weighted by Crippen LogP contribution is -2.02. The maximum atomic E-state index is 11.3. The molecule has 0 saturated carbocycles. The number of hydrogen-bond acceptors (Lipinski definition) is 4. The van der Waals surface area contributed by atoms with Gasteiger partial charge in [0.2, 0.25) is 0 Å². The zero-order valence-corrected chi connectivity index (χ0v) is 9.48. The van der Waals surface area contributed by atoms with E-state index in [1.165, 1.54) is 25.3 Å². The minimum absolute atomic E-state index is 0.135. The molecule has 1 aromatic carbocycles. The Labute approximate surface area is 94.3 Å². The van der Waals surface area contributed by atoms with Gasteiger partial charge in [-0.25, -0.2) is 0 Å². The average Bonchev–Trinajstić information content (AvgIpc) is 2.27. The summed E-state index contributed by atoms with van der Waals surface area (Å²) in [6.07, 6.45) is 0. The van der Waals surface area contributed by atoms with Crippen LogP contribution in [-0.2, 0) is 0 Å². The van der Waals surface area contributed by atoms with Crippen LogP contribution in [0.15, 0.2) is 18.2 Å². The molecule has 0 spiro atoms. The summed E-state index contributed by atoms with van der Waals surface area (Å²) in [7, 11) is 1.34. The molecule has 0 aliphatic rings. The summed E-state index contributed by atoms with van der Waals surface area (Å²) < 4.78 is 4.81. The van der Waals surface area contributed by atoms with E-state index in [2.05, 4.69) is 15.9 Å². The minimum Gasteiger partial charge on any atom is -0.490 e. The Bertz CT molecular complexity index is 405. The number of nitrogens with zero attached hydrogens (tertiary/aromatic N) is 1. The number of nitro benzene ring substituents is 1. The molecule has 0 N–H and O–H groups in total. The van der Waals surface area contributed by atoms with E-state index in [1.54, 1.807) is 0 Å². The van der Waals surface area contributed by atoms with E-state index >= 15 is 0 Å². The molecule has 5 nitrogen and oxygen atoms in total. The maximum absolute atomic E-state index is 11.3. The number of methoxy groups -OCH3 is 1. The van der Waals surface area contributed by atoms with Gasteiger partial charge in [-0.2, -0.15) is 0 Å². The minimum atomic E-state index is -0.580. The topological polar surface area (TPSA) is 69.4 Å². The van der Waals surface area contributed by atoms with E-state index in [1.807, 2.05) is 0 Å². The number of Topliss-reactive ketones (excluding diaryl/α,β-unsaturated/α-hetero) is 1. The van der Waals surface area contributed by atoms with Crippen LogP contribution in [0.5, 0.6) is 5.75 Å². The van der Waals surface area contributed by atoms with Gasteiger partial charge < -0.3 is 4.74 Å². The van der Waals surface area contributed by atoms with E-state index in [4.69, 9.17) is 4.74 Å². The van der Waals surface area contributed by atoms with Gasteiger partial charge in [-0.3, -0.25) is 14.9 Å². The molecule has 80 valence electrons. The molecule has 0 unspecified atom stereocenters. The zero-order chi connectivity index (χ0) is 11.4. The smallest absolute Gasteiger partial charge is 0.311 e. The van der Waals surface area contributed by atoms with E-state index in [9.17, 15) is 14.9 Å². The fourth-order valence-electron chi connectivity index (χ4n) is 1.08. The van der Waals surface area contributed by atoms with Gasteiger partial charge >= 0.3 is 5.69 Å². The number of carbonyl (C=O) groups excluding carboxylic acids is 1. The van der Waals surface area contributed by atoms with Crippen LogP contribution >= 0.6 is 15.9 Å². The Kier molecular flexibility index (Phi) is 3.79. The molecule has 0 fully saturated rings. The fourth-order valence-corrected chi connectivity index (χ4v) is 1.41. The lowest BCUT2D eigenvalue weighted by atomic mass is 10.1. The molecular weight excluding hydrogens is 266 g/mol. The molecule has 0 radical (unpaired) electrons. The fraction of sp³-hybridized carbons (Fsp3) is 0.222. The monoisotopic (exact) mass is 273 g/mol. The molecule has 15 heavy (non-hydrogen) atoms. The van der Waals surface area contributed by atoms with Crippen LogP contribution in [0, 0.1) is 10.1 Å². The third kappa shape index (κ3) is 2.53. The lowest BCUT2D eigenvalue weighted by molar-refractivity contribution is -0.385. The molecule has 0 saturated heterocycles. The molecule has 0 atom stereocenters. The quantitative estimate of drug-likeness (QED) is 0.365. The number of carbonyl (C=O) groups is 1. The molecule has 6 heteroatoms. The summed E-state index contributed by atoms with van der Waals surface area (Å²) in [6, 6.07) is 4.12. The third-order valence-corrected chi connectivity index (χ3v) is 2.33. The van der Waals surface area contributed by atoms with Crippen LogP contribution in [-0.4, -0.2) is 23.1 Å². The Hall–Kier alpha value is -1.43. The molecular formula is C9H8BrNO4. The first kappa shape index (κ1) is 11.6. The van der Waals surface area contributed by atoms with E-state index in [-0.39, 0.29) is 22.6 Å². The van der Waals surface area contributed by atoms with Crippen LogP contribution in [0.4, 0.5) is 5.69 Å². The van der Waals surface area contributed by atoms with Gasteiger partial charge in [0.1, 0.15) is 0 Å². The van der Waals surface area contributed by atoms with Gasteiger partial charge in [-0.15, -0.1) is 0 Å². The van der Waals surface area contributed by atoms with Crippen molar-refractivity contribution in [3.63, 3.8) is 0 Å². The van der Waals surface area contributed by atoms with Gasteiger partial charge in [0.05, 0.1) is 17.4 Å². The van der Waals surface area contributed by atoms with Gasteiger partial charge in [0.15, 0.2) is 11.5 Å². The third-order valence-electron chi connectivity index (χ3n) is 1.82. The molecule has 1 aromatic rings. The highest BCUT2D eigenvalue weighted by Gasteiger charge is 2.17. The number of nitro groups is 1. The summed E-state index contributed by atoms with van der Waals surface area (Å²) in [4.78, 5) is 21.3. The summed E-state index contributed by atoms with van der Waals surface area (Å²) in [5.41, 5.74) is 0.0867. The van der Waals surface area contributed by atoms with Crippen molar-refractivity contribution in [3.8, 4) is 5.75 Å². The highest BCUT2D eigenvalue weighted by Crippen LogP contribution is 2.27. The normalized spacial score (nSPS) is 9.73. The molecule has 0 aromatic heterocycles. The first-order valence-corrected chi connectivity index (χ1v) is 5.14. The number of alkyl halides is 1. The van der Waals surface area contributed by atoms with Crippen molar-refractivity contribution in [3.05, 3.63) is 33.9 Å². The SMILES string of the molecule is COc1ccc(C(=O)CBr)cc1[N+](=O)[O-]. The zero-order valence-electron chi connectivity index (χ0n) is 7.90.